The van der Waals surface area contributed by atoms with Gasteiger partial charge in [-0.2, -0.15) is 0 Å². The lowest BCUT2D eigenvalue weighted by Crippen LogP contribution is -2.25. The SMILES string of the molecule is CC.CC.CC.CCC(C)(CC)CC.CCC(CC)(CC)CC.CCOCC(COCC)OCC. The first kappa shape index (κ1) is 48.0. The van der Waals surface area contributed by atoms with Gasteiger partial charge in [0.1, 0.15) is 6.10 Å². The van der Waals surface area contributed by atoms with Gasteiger partial charge in [0.15, 0.2) is 0 Å². The third-order valence-electron chi connectivity index (χ3n) is 6.98. The number of ether oxygens (including phenoxy) is 3. The number of hydrogen-bond acceptors (Lipinski definition) is 3. The largest absolute Gasteiger partial charge is 0.379 e. The second kappa shape index (κ2) is 41.0. The first-order valence-electron chi connectivity index (χ1n) is 15.5. The Balaban J connectivity index is -0.0000000824. The minimum atomic E-state index is 0.0925. The van der Waals surface area contributed by atoms with Gasteiger partial charge in [0.25, 0.3) is 0 Å². The molecule has 0 amide bonds. The van der Waals surface area contributed by atoms with Crippen LogP contribution in [0, 0.1) is 10.8 Å². The molecule has 35 heavy (non-hydrogen) atoms. The topological polar surface area (TPSA) is 27.7 Å². The molecule has 0 radical (unpaired) electrons. The van der Waals surface area contributed by atoms with Gasteiger partial charge in [-0.05, 0) is 31.6 Å². The van der Waals surface area contributed by atoms with E-state index in [0.717, 1.165) is 13.2 Å². The summed E-state index contributed by atoms with van der Waals surface area (Å²) < 4.78 is 15.9. The monoisotopic (exact) mass is 509 g/mol. The average Bonchev–Trinajstić information content (AvgIpc) is 2.95. The lowest BCUT2D eigenvalue weighted by Gasteiger charge is -2.28. The van der Waals surface area contributed by atoms with Gasteiger partial charge < -0.3 is 14.2 Å². The smallest absolute Gasteiger partial charge is 0.104 e. The highest BCUT2D eigenvalue weighted by molar-refractivity contribution is 4.72. The van der Waals surface area contributed by atoms with Gasteiger partial charge in [-0.1, -0.05) is 142 Å². The number of rotatable bonds is 15. The zero-order chi connectivity index (χ0) is 29.2. The van der Waals surface area contributed by atoms with Crippen LogP contribution in [0.25, 0.3) is 0 Å². The van der Waals surface area contributed by atoms with Gasteiger partial charge in [-0.15, -0.1) is 0 Å². The highest BCUT2D eigenvalue weighted by Crippen LogP contribution is 2.33. The summed E-state index contributed by atoms with van der Waals surface area (Å²) in [6, 6.07) is 0. The van der Waals surface area contributed by atoms with Gasteiger partial charge in [0.2, 0.25) is 0 Å². The van der Waals surface area contributed by atoms with Crippen LogP contribution < -0.4 is 0 Å². The quantitative estimate of drug-likeness (QED) is 0.220. The second-order valence-electron chi connectivity index (χ2n) is 8.18. The van der Waals surface area contributed by atoms with Gasteiger partial charge in [-0.25, -0.2) is 0 Å². The molecule has 0 aliphatic rings. The van der Waals surface area contributed by atoms with Crippen molar-refractivity contribution in [2.24, 2.45) is 10.8 Å². The summed E-state index contributed by atoms with van der Waals surface area (Å²) in [5.41, 5.74) is 1.29. The second-order valence-corrected chi connectivity index (χ2v) is 8.18. The van der Waals surface area contributed by atoms with Crippen LogP contribution in [0.15, 0.2) is 0 Å². The van der Waals surface area contributed by atoms with E-state index in [1.807, 2.05) is 62.3 Å². The Bertz CT molecular complexity index is 263. The molecule has 0 heterocycles. The molecule has 0 aliphatic heterocycles. The van der Waals surface area contributed by atoms with Crippen LogP contribution in [-0.2, 0) is 14.2 Å². The molecule has 0 spiro atoms. The molecule has 0 aromatic carbocycles. The molecule has 0 aromatic heterocycles. The normalized spacial score (nSPS) is 10.1. The van der Waals surface area contributed by atoms with E-state index in [4.69, 9.17) is 14.2 Å². The molecule has 3 nitrogen and oxygen atoms in total. The lowest BCUT2D eigenvalue weighted by molar-refractivity contribution is -0.0524. The van der Waals surface area contributed by atoms with Crippen molar-refractivity contribution in [1.29, 1.82) is 0 Å². The van der Waals surface area contributed by atoms with Gasteiger partial charge in [0.05, 0.1) is 13.2 Å². The molecule has 0 aromatic rings. The molecule has 3 heteroatoms. The summed E-state index contributed by atoms with van der Waals surface area (Å²) in [7, 11) is 0. The van der Waals surface area contributed by atoms with E-state index < -0.39 is 0 Å². The molecule has 0 aliphatic carbocycles. The Kier molecular flexibility index (Phi) is 56.3. The molecule has 0 N–H and O–H groups in total. The minimum Gasteiger partial charge on any atom is -0.379 e. The van der Waals surface area contributed by atoms with E-state index in [1.54, 1.807) is 0 Å². The molecule has 0 unspecified atom stereocenters. The molecular formula is C32H76O3. The van der Waals surface area contributed by atoms with Gasteiger partial charge in [-0.3, -0.25) is 0 Å². The maximum atomic E-state index is 5.40. The molecule has 0 fully saturated rings. The molecule has 0 saturated heterocycles. The Morgan fingerprint density at radius 3 is 0.857 bits per heavy atom. The molecule has 0 rings (SSSR count). The van der Waals surface area contributed by atoms with Crippen molar-refractivity contribution in [1.82, 2.24) is 0 Å². The Hall–Kier alpha value is -0.120. The van der Waals surface area contributed by atoms with Gasteiger partial charge >= 0.3 is 0 Å². The standard InChI is InChI=1S/C9H20O3.C9H20.C8H18.3C2H6/c1-4-10-7-9(12-6-3)8-11-5-2;1-5-9(6-2,7-3)8-4;1-5-8(4,6-2)7-3;3*1-2/h9H,4-8H2,1-3H3;5-8H2,1-4H3;5-7H2,1-4H3;3*1-2H3. The van der Waals surface area contributed by atoms with Crippen LogP contribution in [0.5, 0.6) is 0 Å². The van der Waals surface area contributed by atoms with Crippen LogP contribution in [0.1, 0.15) is 163 Å². The number of hydrogen-bond donors (Lipinski definition) is 0. The highest BCUT2D eigenvalue weighted by atomic mass is 16.6. The van der Waals surface area contributed by atoms with E-state index in [9.17, 15) is 0 Å². The summed E-state index contributed by atoms with van der Waals surface area (Å²) in [5, 5.41) is 0. The van der Waals surface area contributed by atoms with Crippen LogP contribution in [0.3, 0.4) is 0 Å². The van der Waals surface area contributed by atoms with Crippen molar-refractivity contribution in [3.05, 3.63) is 0 Å². The summed E-state index contributed by atoms with van der Waals surface area (Å²) in [6.45, 7) is 39.7. The van der Waals surface area contributed by atoms with E-state index in [2.05, 4.69) is 55.4 Å². The fourth-order valence-corrected chi connectivity index (χ4v) is 3.13. The Morgan fingerprint density at radius 1 is 0.457 bits per heavy atom. The lowest BCUT2D eigenvalue weighted by atomic mass is 9.78. The van der Waals surface area contributed by atoms with Crippen molar-refractivity contribution in [3.63, 3.8) is 0 Å². The molecule has 0 atom stereocenters. The summed E-state index contributed by atoms with van der Waals surface area (Å²) in [6.07, 6.45) is 9.43. The highest BCUT2D eigenvalue weighted by Gasteiger charge is 2.20. The van der Waals surface area contributed by atoms with Crippen molar-refractivity contribution in [2.75, 3.05) is 33.0 Å². The minimum absolute atomic E-state index is 0.0925. The fraction of sp³-hybridized carbons (Fsp3) is 1.00. The van der Waals surface area contributed by atoms with Crippen LogP contribution in [-0.4, -0.2) is 39.1 Å². The first-order valence-corrected chi connectivity index (χ1v) is 15.5. The van der Waals surface area contributed by atoms with Crippen molar-refractivity contribution < 1.29 is 14.2 Å². The zero-order valence-electron chi connectivity index (χ0n) is 28.3. The van der Waals surface area contributed by atoms with Crippen molar-refractivity contribution in [3.8, 4) is 0 Å². The van der Waals surface area contributed by atoms with Gasteiger partial charge in [0, 0.05) is 19.8 Å². The molecular weight excluding hydrogens is 432 g/mol. The van der Waals surface area contributed by atoms with Crippen molar-refractivity contribution in [2.45, 2.75) is 169 Å². The first-order chi connectivity index (χ1) is 16.8. The molecule has 0 bridgehead atoms. The molecule has 0 saturated carbocycles. The Morgan fingerprint density at radius 2 is 0.743 bits per heavy atom. The van der Waals surface area contributed by atoms with Crippen LogP contribution >= 0.6 is 0 Å². The summed E-state index contributed by atoms with van der Waals surface area (Å²) in [5.74, 6) is 0. The van der Waals surface area contributed by atoms with Crippen LogP contribution in [0.2, 0.25) is 0 Å². The zero-order valence-corrected chi connectivity index (χ0v) is 28.3. The van der Waals surface area contributed by atoms with E-state index in [0.29, 0.717) is 30.7 Å². The van der Waals surface area contributed by atoms with Crippen LogP contribution in [0.4, 0.5) is 0 Å². The van der Waals surface area contributed by atoms with E-state index >= 15 is 0 Å². The summed E-state index contributed by atoms with van der Waals surface area (Å²) in [4.78, 5) is 0. The fourth-order valence-electron chi connectivity index (χ4n) is 3.13. The van der Waals surface area contributed by atoms with E-state index in [1.165, 1.54) is 44.9 Å². The third-order valence-corrected chi connectivity index (χ3v) is 6.98. The maximum absolute atomic E-state index is 5.40. The summed E-state index contributed by atoms with van der Waals surface area (Å²) >= 11 is 0. The predicted molar refractivity (Wildman–Crippen MR) is 165 cm³/mol. The predicted octanol–water partition coefficient (Wildman–Crippen LogP) is 11.4. The van der Waals surface area contributed by atoms with E-state index in [-0.39, 0.29) is 6.10 Å². The molecule has 222 valence electrons. The maximum Gasteiger partial charge on any atom is 0.104 e. The van der Waals surface area contributed by atoms with Crippen molar-refractivity contribution >= 4 is 0 Å². The third kappa shape index (κ3) is 33.9. The average molecular weight is 509 g/mol. The Labute approximate surface area is 226 Å².